The van der Waals surface area contributed by atoms with Crippen LogP contribution in [0.2, 0.25) is 0 Å². The topological polar surface area (TPSA) is 46.2 Å². The minimum absolute atomic E-state index is 0.642. The molecule has 1 aromatic rings. The summed E-state index contributed by atoms with van der Waals surface area (Å²) in [6.07, 6.45) is 0. The Morgan fingerprint density at radius 2 is 1.91 bits per heavy atom. The summed E-state index contributed by atoms with van der Waals surface area (Å²) < 4.78 is 22.8. The van der Waals surface area contributed by atoms with Crippen LogP contribution in [0.15, 0.2) is 24.3 Å². The van der Waals surface area contributed by atoms with Gasteiger partial charge >= 0.3 is 0 Å². The van der Waals surface area contributed by atoms with Crippen molar-refractivity contribution < 1.29 is 8.42 Å². The number of rotatable bonds is 2. The summed E-state index contributed by atoms with van der Waals surface area (Å²) in [5.74, 6) is 0. The van der Waals surface area contributed by atoms with Crippen LogP contribution in [0.4, 0.5) is 5.69 Å². The molecule has 0 saturated carbocycles. The van der Waals surface area contributed by atoms with Gasteiger partial charge in [-0.2, -0.15) is 0 Å². The molecular formula is C7H9NO2S. The normalized spacial score (nSPS) is 10.0. The van der Waals surface area contributed by atoms with Crippen LogP contribution in [0.1, 0.15) is 5.56 Å². The van der Waals surface area contributed by atoms with Crippen molar-refractivity contribution in [2.75, 3.05) is 4.72 Å². The highest BCUT2D eigenvalue weighted by atomic mass is 32.2. The molecule has 0 saturated heterocycles. The van der Waals surface area contributed by atoms with Crippen LogP contribution < -0.4 is 4.72 Å². The number of hydrogen-bond donors (Lipinski definition) is 2. The van der Waals surface area contributed by atoms with E-state index < -0.39 is 10.9 Å². The maximum absolute atomic E-state index is 10.2. The maximum atomic E-state index is 10.2. The first-order chi connectivity index (χ1) is 5.20. The third kappa shape index (κ3) is 2.23. The van der Waals surface area contributed by atoms with E-state index in [1.807, 2.05) is 19.1 Å². The summed E-state index contributed by atoms with van der Waals surface area (Å²) in [6.45, 7) is 1.85. The van der Waals surface area contributed by atoms with Crippen molar-refractivity contribution in [2.45, 2.75) is 6.92 Å². The first-order valence-corrected chi connectivity index (χ1v) is 4.34. The zero-order valence-electron chi connectivity index (χ0n) is 6.07. The number of nitrogens with one attached hydrogen (secondary N) is 1. The van der Waals surface area contributed by atoms with Gasteiger partial charge in [-0.1, -0.05) is 18.2 Å². The third-order valence-electron chi connectivity index (χ3n) is 1.36. The molecule has 0 aromatic heterocycles. The molecule has 11 heavy (non-hydrogen) atoms. The molecule has 1 aromatic carbocycles. The molecule has 0 atom stereocenters. The predicted molar refractivity (Wildman–Crippen MR) is 45.1 cm³/mol. The third-order valence-corrected chi connectivity index (χ3v) is 1.78. The van der Waals surface area contributed by atoms with E-state index in [0.29, 0.717) is 5.69 Å². The smallest absolute Gasteiger partial charge is 0.222 e. The number of aryl methyl sites for hydroxylation is 1. The lowest BCUT2D eigenvalue weighted by Gasteiger charge is -2.00. The van der Waals surface area contributed by atoms with E-state index in [1.165, 1.54) is 0 Å². The first kappa shape index (κ1) is 8.07. The minimum Gasteiger partial charge on any atom is -0.285 e. The fraction of sp³-hybridized carbons (Fsp3) is 0.143. The standard InChI is InChI=1S/C7H9NO2S/c1-6-4-2-3-5-7(6)8-11(9)10/h2-5,11H,1H3,(H,8,9,10). The SMILES string of the molecule is Cc1ccccc1N[SH](=O)=O. The Bertz CT molecular complexity index is 312. The van der Waals surface area contributed by atoms with Crippen LogP contribution in [-0.4, -0.2) is 8.42 Å². The highest BCUT2D eigenvalue weighted by Crippen LogP contribution is 2.12. The molecular weight excluding hydrogens is 162 g/mol. The van der Waals surface area contributed by atoms with Gasteiger partial charge in [0.25, 0.3) is 0 Å². The molecule has 4 heteroatoms. The molecule has 1 N–H and O–H groups in total. The molecule has 0 radical (unpaired) electrons. The molecule has 0 bridgehead atoms. The Morgan fingerprint density at radius 1 is 1.27 bits per heavy atom. The van der Waals surface area contributed by atoms with Crippen molar-refractivity contribution in [2.24, 2.45) is 0 Å². The highest BCUT2D eigenvalue weighted by molar-refractivity contribution is 7.73. The second-order valence-corrected chi connectivity index (χ2v) is 2.92. The van der Waals surface area contributed by atoms with E-state index in [0.717, 1.165) is 5.56 Å². The second kappa shape index (κ2) is 3.39. The van der Waals surface area contributed by atoms with E-state index in [9.17, 15) is 8.42 Å². The van der Waals surface area contributed by atoms with Gasteiger partial charge in [-0.05, 0) is 18.6 Å². The van der Waals surface area contributed by atoms with Gasteiger partial charge in [-0.25, -0.2) is 8.42 Å². The van der Waals surface area contributed by atoms with E-state index in [1.54, 1.807) is 12.1 Å². The number of anilines is 1. The molecule has 0 fully saturated rings. The Hall–Kier alpha value is -1.03. The van der Waals surface area contributed by atoms with Crippen molar-refractivity contribution in [3.05, 3.63) is 29.8 Å². The lowest BCUT2D eigenvalue weighted by Crippen LogP contribution is -1.96. The van der Waals surface area contributed by atoms with Crippen molar-refractivity contribution in [1.82, 2.24) is 0 Å². The van der Waals surface area contributed by atoms with Crippen LogP contribution in [-0.2, 0) is 10.9 Å². The van der Waals surface area contributed by atoms with Gasteiger partial charge in [0, 0.05) is 0 Å². The Labute approximate surface area is 67.1 Å². The van der Waals surface area contributed by atoms with E-state index in [2.05, 4.69) is 4.72 Å². The van der Waals surface area contributed by atoms with Crippen molar-refractivity contribution in [1.29, 1.82) is 0 Å². The zero-order chi connectivity index (χ0) is 8.27. The molecule has 1 rings (SSSR count). The van der Waals surface area contributed by atoms with Crippen LogP contribution in [0, 0.1) is 6.92 Å². The van der Waals surface area contributed by atoms with E-state index in [-0.39, 0.29) is 0 Å². The minimum atomic E-state index is -2.54. The lowest BCUT2D eigenvalue weighted by atomic mass is 10.2. The van der Waals surface area contributed by atoms with Gasteiger partial charge in [0.2, 0.25) is 10.9 Å². The van der Waals surface area contributed by atoms with Gasteiger partial charge in [0.1, 0.15) is 0 Å². The summed E-state index contributed by atoms with van der Waals surface area (Å²) in [7, 11) is -2.54. The number of hydrogen-bond acceptors (Lipinski definition) is 2. The quantitative estimate of drug-likeness (QED) is 0.650. The Balaban J connectivity index is 2.94. The van der Waals surface area contributed by atoms with Crippen LogP contribution in [0.3, 0.4) is 0 Å². The van der Waals surface area contributed by atoms with E-state index >= 15 is 0 Å². The van der Waals surface area contributed by atoms with Gasteiger partial charge < -0.3 is 0 Å². The zero-order valence-corrected chi connectivity index (χ0v) is 6.97. The highest BCUT2D eigenvalue weighted by Gasteiger charge is 1.93. The van der Waals surface area contributed by atoms with Gasteiger partial charge in [-0.15, -0.1) is 0 Å². The average Bonchev–Trinajstić information content (AvgIpc) is 1.93. The summed E-state index contributed by atoms with van der Waals surface area (Å²) in [4.78, 5) is 0. The molecule has 0 spiro atoms. The molecule has 3 nitrogen and oxygen atoms in total. The molecule has 0 heterocycles. The second-order valence-electron chi connectivity index (χ2n) is 2.18. The molecule has 0 amide bonds. The molecule has 0 aliphatic carbocycles. The monoisotopic (exact) mass is 171 g/mol. The van der Waals surface area contributed by atoms with Crippen molar-refractivity contribution in [3.63, 3.8) is 0 Å². The van der Waals surface area contributed by atoms with Crippen molar-refractivity contribution >= 4 is 16.6 Å². The predicted octanol–water partition coefficient (Wildman–Crippen LogP) is 0.933. The van der Waals surface area contributed by atoms with Crippen LogP contribution in [0.5, 0.6) is 0 Å². The fourth-order valence-electron chi connectivity index (χ4n) is 0.797. The average molecular weight is 171 g/mol. The van der Waals surface area contributed by atoms with Crippen LogP contribution in [0.25, 0.3) is 0 Å². The van der Waals surface area contributed by atoms with Crippen molar-refractivity contribution in [3.8, 4) is 0 Å². The van der Waals surface area contributed by atoms with Crippen LogP contribution >= 0.6 is 0 Å². The molecule has 0 aliphatic heterocycles. The fourth-order valence-corrected chi connectivity index (χ4v) is 1.24. The van der Waals surface area contributed by atoms with Gasteiger partial charge in [0.15, 0.2) is 0 Å². The molecule has 60 valence electrons. The summed E-state index contributed by atoms with van der Waals surface area (Å²) >= 11 is 0. The number of para-hydroxylation sites is 1. The van der Waals surface area contributed by atoms with Gasteiger partial charge in [0.05, 0.1) is 5.69 Å². The van der Waals surface area contributed by atoms with E-state index in [4.69, 9.17) is 0 Å². The maximum Gasteiger partial charge on any atom is 0.222 e. The first-order valence-electron chi connectivity index (χ1n) is 3.17. The largest absolute Gasteiger partial charge is 0.285 e. The summed E-state index contributed by atoms with van der Waals surface area (Å²) in [5.41, 5.74) is 1.57. The summed E-state index contributed by atoms with van der Waals surface area (Å²) in [6, 6.07) is 7.22. The molecule has 0 aliphatic rings. The lowest BCUT2D eigenvalue weighted by molar-refractivity contribution is 0.619. The Morgan fingerprint density at radius 3 is 2.45 bits per heavy atom. The van der Waals surface area contributed by atoms with Gasteiger partial charge in [-0.3, -0.25) is 4.72 Å². The summed E-state index contributed by atoms with van der Waals surface area (Å²) in [5, 5.41) is 0. The number of thiol groups is 1. The Kier molecular flexibility index (Phi) is 2.48. The molecule has 0 unspecified atom stereocenters. The number of benzene rings is 1.